The Hall–Kier alpha value is -2.21. The first-order chi connectivity index (χ1) is 14.5. The van der Waals surface area contributed by atoms with Crippen LogP contribution in [0.25, 0.3) is 0 Å². The normalized spacial score (nSPS) is 10.8. The molecule has 0 aliphatic heterocycles. The van der Waals surface area contributed by atoms with Crippen LogP contribution in [0.2, 0.25) is 0 Å². The van der Waals surface area contributed by atoms with Crippen LogP contribution in [0.3, 0.4) is 0 Å². The molecule has 0 aromatic heterocycles. The Balaban J connectivity index is 1.59. The highest BCUT2D eigenvalue weighted by Crippen LogP contribution is 2.23. The molecule has 0 aliphatic carbocycles. The summed E-state index contributed by atoms with van der Waals surface area (Å²) < 4.78 is 26.0. The van der Waals surface area contributed by atoms with Gasteiger partial charge in [-0.05, 0) is 105 Å². The van der Waals surface area contributed by atoms with E-state index < -0.39 is 0 Å². The van der Waals surface area contributed by atoms with E-state index in [2.05, 4.69) is 55.7 Å². The van der Waals surface area contributed by atoms with Crippen molar-refractivity contribution in [2.75, 3.05) is 7.11 Å². The van der Waals surface area contributed by atoms with Crippen molar-refractivity contribution in [1.82, 2.24) is 5.43 Å². The van der Waals surface area contributed by atoms with Crippen LogP contribution in [0.4, 0.5) is 4.39 Å². The summed E-state index contributed by atoms with van der Waals surface area (Å²) in [6.07, 6.45) is 1.56. The van der Waals surface area contributed by atoms with E-state index in [1.54, 1.807) is 31.5 Å². The summed E-state index contributed by atoms with van der Waals surface area (Å²) >= 11 is 4.30. The number of nitrogens with one attached hydrogen (secondary N) is 1. The Bertz CT molecular complexity index is 1090. The first kappa shape index (κ1) is 22.5. The number of rotatable bonds is 7. The molecule has 154 valence electrons. The Kier molecular flexibility index (Phi) is 8.02. The fourth-order valence-corrected chi connectivity index (χ4v) is 3.78. The first-order valence-corrected chi connectivity index (χ1v) is 11.0. The standard InChI is InChI=1S/C22H17FI2N2O3/c1-29-21-11-16(6-7-18(21)24)22(28)27-26-12-14-5-8-20(19(25)10-14)30-13-15-3-2-4-17(23)9-15/h2-12H,13H2,1H3,(H,27,28)/b26-12-. The van der Waals surface area contributed by atoms with Gasteiger partial charge < -0.3 is 9.47 Å². The SMILES string of the molecule is COc1cc(C(=O)N/N=C\c2ccc(OCc3cccc(F)c3)c(I)c2)ccc1I. The van der Waals surface area contributed by atoms with Crippen molar-refractivity contribution in [3.05, 3.63) is 90.3 Å². The van der Waals surface area contributed by atoms with Gasteiger partial charge in [-0.1, -0.05) is 12.1 Å². The highest BCUT2D eigenvalue weighted by atomic mass is 127. The zero-order valence-electron chi connectivity index (χ0n) is 15.9. The summed E-state index contributed by atoms with van der Waals surface area (Å²) in [5, 5.41) is 4.02. The van der Waals surface area contributed by atoms with Crippen LogP contribution in [0.15, 0.2) is 65.8 Å². The van der Waals surface area contributed by atoms with Crippen molar-refractivity contribution >= 4 is 57.3 Å². The number of methoxy groups -OCH3 is 1. The van der Waals surface area contributed by atoms with Gasteiger partial charge in [0.25, 0.3) is 5.91 Å². The molecule has 0 heterocycles. The maximum atomic E-state index is 13.3. The Morgan fingerprint density at radius 3 is 2.63 bits per heavy atom. The van der Waals surface area contributed by atoms with Crippen LogP contribution in [-0.2, 0) is 6.61 Å². The molecule has 5 nitrogen and oxygen atoms in total. The van der Waals surface area contributed by atoms with E-state index in [0.29, 0.717) is 17.1 Å². The number of amides is 1. The second-order valence-corrected chi connectivity index (χ2v) is 8.48. The monoisotopic (exact) mass is 630 g/mol. The molecule has 3 aromatic carbocycles. The van der Waals surface area contributed by atoms with Crippen LogP contribution >= 0.6 is 45.2 Å². The van der Waals surface area contributed by atoms with Crippen molar-refractivity contribution in [2.24, 2.45) is 5.10 Å². The molecular formula is C22H17FI2N2O3. The van der Waals surface area contributed by atoms with Gasteiger partial charge in [0.2, 0.25) is 0 Å². The maximum Gasteiger partial charge on any atom is 0.271 e. The number of hydrazone groups is 1. The number of halogens is 3. The number of carbonyl (C=O) groups is 1. The summed E-state index contributed by atoms with van der Waals surface area (Å²) in [6.45, 7) is 0.275. The van der Waals surface area contributed by atoms with Crippen molar-refractivity contribution in [2.45, 2.75) is 6.61 Å². The number of hydrogen-bond acceptors (Lipinski definition) is 4. The largest absolute Gasteiger partial charge is 0.496 e. The highest BCUT2D eigenvalue weighted by molar-refractivity contribution is 14.1. The lowest BCUT2D eigenvalue weighted by atomic mass is 10.2. The van der Waals surface area contributed by atoms with Crippen LogP contribution in [0, 0.1) is 13.0 Å². The minimum atomic E-state index is -0.328. The summed E-state index contributed by atoms with van der Waals surface area (Å²) in [5.74, 6) is 0.705. The van der Waals surface area contributed by atoms with Gasteiger partial charge in [-0.3, -0.25) is 4.79 Å². The third kappa shape index (κ3) is 6.14. The molecular weight excluding hydrogens is 613 g/mol. The number of benzene rings is 3. The Morgan fingerprint density at radius 2 is 1.90 bits per heavy atom. The zero-order chi connectivity index (χ0) is 21.5. The molecule has 0 saturated heterocycles. The van der Waals surface area contributed by atoms with E-state index in [-0.39, 0.29) is 18.3 Å². The average molecular weight is 630 g/mol. The molecule has 0 fully saturated rings. The van der Waals surface area contributed by atoms with Gasteiger partial charge in [-0.15, -0.1) is 0 Å². The topological polar surface area (TPSA) is 59.9 Å². The fraction of sp³-hybridized carbons (Fsp3) is 0.0909. The van der Waals surface area contributed by atoms with Gasteiger partial charge in [-0.25, -0.2) is 9.82 Å². The van der Waals surface area contributed by atoms with Crippen LogP contribution < -0.4 is 14.9 Å². The van der Waals surface area contributed by atoms with Crippen molar-refractivity contribution in [3.63, 3.8) is 0 Å². The summed E-state index contributed by atoms with van der Waals surface area (Å²) in [7, 11) is 1.56. The maximum absolute atomic E-state index is 13.3. The van der Waals surface area contributed by atoms with E-state index in [9.17, 15) is 9.18 Å². The second kappa shape index (κ2) is 10.7. The molecule has 0 atom stereocenters. The minimum absolute atomic E-state index is 0.275. The number of nitrogens with zero attached hydrogens (tertiary/aromatic N) is 1. The predicted octanol–water partition coefficient (Wildman–Crippen LogP) is 5.39. The van der Waals surface area contributed by atoms with E-state index in [4.69, 9.17) is 9.47 Å². The molecule has 0 bridgehead atoms. The Labute approximate surface area is 200 Å². The van der Waals surface area contributed by atoms with Gasteiger partial charge in [0.15, 0.2) is 0 Å². The van der Waals surface area contributed by atoms with Crippen molar-refractivity contribution < 1.29 is 18.7 Å². The second-order valence-electron chi connectivity index (χ2n) is 6.16. The van der Waals surface area contributed by atoms with Crippen LogP contribution in [-0.4, -0.2) is 19.2 Å². The molecule has 1 amide bonds. The van der Waals surface area contributed by atoms with Gasteiger partial charge >= 0.3 is 0 Å². The molecule has 1 N–H and O–H groups in total. The van der Waals surface area contributed by atoms with E-state index in [1.165, 1.54) is 12.1 Å². The smallest absolute Gasteiger partial charge is 0.271 e. The molecule has 30 heavy (non-hydrogen) atoms. The summed E-state index contributed by atoms with van der Waals surface area (Å²) in [5.41, 5.74) is 4.53. The molecule has 0 unspecified atom stereocenters. The zero-order valence-corrected chi connectivity index (χ0v) is 20.2. The van der Waals surface area contributed by atoms with Crippen LogP contribution in [0.1, 0.15) is 21.5 Å². The van der Waals surface area contributed by atoms with Gasteiger partial charge in [0.1, 0.15) is 23.9 Å². The summed E-state index contributed by atoms with van der Waals surface area (Å²) in [4.78, 5) is 12.2. The van der Waals surface area contributed by atoms with Gasteiger partial charge in [0.05, 0.1) is 20.5 Å². The first-order valence-electron chi connectivity index (χ1n) is 8.80. The van der Waals surface area contributed by atoms with Crippen LogP contribution in [0.5, 0.6) is 11.5 Å². The molecule has 0 spiro atoms. The molecule has 0 radical (unpaired) electrons. The highest BCUT2D eigenvalue weighted by Gasteiger charge is 2.08. The van der Waals surface area contributed by atoms with Gasteiger partial charge in [0, 0.05) is 5.56 Å². The Morgan fingerprint density at radius 1 is 1.07 bits per heavy atom. The lowest BCUT2D eigenvalue weighted by Gasteiger charge is -2.09. The van der Waals surface area contributed by atoms with Gasteiger partial charge in [-0.2, -0.15) is 5.10 Å². The molecule has 8 heteroatoms. The fourth-order valence-electron chi connectivity index (χ4n) is 2.53. The lowest BCUT2D eigenvalue weighted by molar-refractivity contribution is 0.0954. The third-order valence-electron chi connectivity index (χ3n) is 4.03. The average Bonchev–Trinajstić information content (AvgIpc) is 2.73. The minimum Gasteiger partial charge on any atom is -0.496 e. The van der Waals surface area contributed by atoms with E-state index in [0.717, 1.165) is 18.3 Å². The van der Waals surface area contributed by atoms with E-state index >= 15 is 0 Å². The van der Waals surface area contributed by atoms with Crippen molar-refractivity contribution in [1.29, 1.82) is 0 Å². The number of carbonyl (C=O) groups excluding carboxylic acids is 1. The quantitative estimate of drug-likeness (QED) is 0.217. The lowest BCUT2D eigenvalue weighted by Crippen LogP contribution is -2.17. The van der Waals surface area contributed by atoms with Crippen molar-refractivity contribution in [3.8, 4) is 11.5 Å². The summed E-state index contributed by atoms with van der Waals surface area (Å²) in [6, 6.07) is 17.0. The predicted molar refractivity (Wildman–Crippen MR) is 131 cm³/mol. The number of hydrogen-bond donors (Lipinski definition) is 1. The van der Waals surface area contributed by atoms with E-state index in [1.807, 2.05) is 30.3 Å². The molecule has 0 aliphatic rings. The third-order valence-corrected chi connectivity index (χ3v) is 5.77. The molecule has 3 aromatic rings. The number of ether oxygens (including phenoxy) is 2. The molecule has 3 rings (SSSR count). The molecule has 0 saturated carbocycles.